The Kier molecular flexibility index (Phi) is 5.57. The summed E-state index contributed by atoms with van der Waals surface area (Å²) < 4.78 is 25.5. The van der Waals surface area contributed by atoms with Gasteiger partial charge in [-0.3, -0.25) is 9.52 Å². The summed E-state index contributed by atoms with van der Waals surface area (Å²) in [4.78, 5) is 11.8. The van der Waals surface area contributed by atoms with Crippen molar-refractivity contribution in [3.8, 4) is 0 Å². The predicted octanol–water partition coefficient (Wildman–Crippen LogP) is 3.47. The average Bonchev–Trinajstić information content (AvgIpc) is 2.45. The first-order valence-electron chi connectivity index (χ1n) is 6.64. The number of benzene rings is 2. The maximum absolute atomic E-state index is 11.8. The minimum atomic E-state index is -3.29. The predicted molar refractivity (Wildman–Crippen MR) is 96.7 cm³/mol. The van der Waals surface area contributed by atoms with Gasteiger partial charge in [0.05, 0.1) is 6.26 Å². The van der Waals surface area contributed by atoms with Crippen LogP contribution in [0, 0.1) is 0 Å². The van der Waals surface area contributed by atoms with Gasteiger partial charge in [0, 0.05) is 21.9 Å². The smallest absolute Gasteiger partial charge is 0.248 e. The van der Waals surface area contributed by atoms with Gasteiger partial charge >= 0.3 is 0 Å². The highest BCUT2D eigenvalue weighted by atomic mass is 79.9. The van der Waals surface area contributed by atoms with Gasteiger partial charge in [0.25, 0.3) is 0 Å². The van der Waals surface area contributed by atoms with Crippen LogP contribution in [-0.2, 0) is 14.8 Å². The lowest BCUT2D eigenvalue weighted by molar-refractivity contribution is -0.111. The van der Waals surface area contributed by atoms with Gasteiger partial charge in [0.15, 0.2) is 0 Å². The molecule has 0 radical (unpaired) electrons. The molecule has 0 saturated heterocycles. The molecule has 120 valence electrons. The fraction of sp³-hybridized carbons (Fsp3) is 0.0625. The van der Waals surface area contributed by atoms with E-state index in [2.05, 4.69) is 26.0 Å². The largest absolute Gasteiger partial charge is 0.322 e. The topological polar surface area (TPSA) is 75.3 Å². The Morgan fingerprint density at radius 1 is 1.09 bits per heavy atom. The highest BCUT2D eigenvalue weighted by Crippen LogP contribution is 2.16. The second-order valence-corrected chi connectivity index (χ2v) is 7.49. The van der Waals surface area contributed by atoms with Crippen LogP contribution < -0.4 is 10.0 Å². The molecular weight excluding hydrogens is 380 g/mol. The highest BCUT2D eigenvalue weighted by molar-refractivity contribution is 9.10. The van der Waals surface area contributed by atoms with Crippen molar-refractivity contribution in [1.82, 2.24) is 0 Å². The number of hydrogen-bond donors (Lipinski definition) is 2. The summed E-state index contributed by atoms with van der Waals surface area (Å²) in [7, 11) is -3.29. The number of carbonyl (C=O) groups is 1. The molecule has 0 unspecified atom stereocenters. The van der Waals surface area contributed by atoms with Gasteiger partial charge in [-0.25, -0.2) is 8.42 Å². The Morgan fingerprint density at radius 3 is 2.39 bits per heavy atom. The maximum atomic E-state index is 11.8. The molecule has 0 spiro atoms. The Bertz CT molecular complexity index is 831. The number of carbonyl (C=O) groups excluding carboxylic acids is 1. The van der Waals surface area contributed by atoms with Crippen LogP contribution in [0.2, 0.25) is 0 Å². The van der Waals surface area contributed by atoms with Crippen molar-refractivity contribution in [2.45, 2.75) is 0 Å². The van der Waals surface area contributed by atoms with E-state index in [0.717, 1.165) is 16.3 Å². The SMILES string of the molecule is CS(=O)(=O)Nc1ccc(/C=C/C(=O)Nc2cccc(Br)c2)cc1. The number of hydrogen-bond acceptors (Lipinski definition) is 3. The van der Waals surface area contributed by atoms with Crippen molar-refractivity contribution in [2.24, 2.45) is 0 Å². The van der Waals surface area contributed by atoms with Crippen molar-refractivity contribution in [3.63, 3.8) is 0 Å². The third kappa shape index (κ3) is 6.25. The van der Waals surface area contributed by atoms with Crippen LogP contribution in [0.3, 0.4) is 0 Å². The number of amides is 1. The minimum absolute atomic E-state index is 0.249. The number of rotatable bonds is 5. The van der Waals surface area contributed by atoms with Crippen molar-refractivity contribution >= 4 is 49.3 Å². The Morgan fingerprint density at radius 2 is 1.78 bits per heavy atom. The van der Waals surface area contributed by atoms with Crippen molar-refractivity contribution in [2.75, 3.05) is 16.3 Å². The van der Waals surface area contributed by atoms with Crippen molar-refractivity contribution < 1.29 is 13.2 Å². The van der Waals surface area contributed by atoms with E-state index in [1.54, 1.807) is 42.5 Å². The fourth-order valence-electron chi connectivity index (χ4n) is 1.80. The van der Waals surface area contributed by atoms with Gasteiger partial charge in [-0.2, -0.15) is 0 Å². The second-order valence-electron chi connectivity index (χ2n) is 4.83. The molecular formula is C16H15BrN2O3S. The third-order valence-corrected chi connectivity index (χ3v) is 3.83. The average molecular weight is 395 g/mol. The minimum Gasteiger partial charge on any atom is -0.322 e. The summed E-state index contributed by atoms with van der Waals surface area (Å²) in [5, 5.41) is 2.75. The van der Waals surface area contributed by atoms with Gasteiger partial charge in [-0.05, 0) is 42.0 Å². The molecule has 0 saturated carbocycles. The van der Waals surface area contributed by atoms with E-state index < -0.39 is 10.0 Å². The molecule has 0 aliphatic rings. The molecule has 0 aliphatic heterocycles. The van der Waals surface area contributed by atoms with E-state index >= 15 is 0 Å². The van der Waals surface area contributed by atoms with Crippen molar-refractivity contribution in [3.05, 3.63) is 64.6 Å². The number of halogens is 1. The molecule has 1 amide bonds. The summed E-state index contributed by atoms with van der Waals surface area (Å²) in [6.07, 6.45) is 4.16. The van der Waals surface area contributed by atoms with E-state index in [1.165, 1.54) is 6.08 Å². The molecule has 7 heteroatoms. The van der Waals surface area contributed by atoms with Gasteiger partial charge in [-0.1, -0.05) is 34.1 Å². The monoisotopic (exact) mass is 394 g/mol. The summed E-state index contributed by atoms with van der Waals surface area (Å²) >= 11 is 3.34. The number of sulfonamides is 1. The zero-order valence-electron chi connectivity index (χ0n) is 12.3. The van der Waals surface area contributed by atoms with Crippen LogP contribution in [0.25, 0.3) is 6.08 Å². The lowest BCUT2D eigenvalue weighted by atomic mass is 10.2. The number of nitrogens with one attached hydrogen (secondary N) is 2. The molecule has 0 aliphatic carbocycles. The van der Waals surface area contributed by atoms with Crippen LogP contribution >= 0.6 is 15.9 Å². The van der Waals surface area contributed by atoms with Crippen LogP contribution in [0.4, 0.5) is 11.4 Å². The third-order valence-electron chi connectivity index (χ3n) is 2.73. The molecule has 2 aromatic carbocycles. The van der Waals surface area contributed by atoms with Crippen LogP contribution in [0.1, 0.15) is 5.56 Å². The summed E-state index contributed by atoms with van der Waals surface area (Å²) in [6.45, 7) is 0. The zero-order valence-corrected chi connectivity index (χ0v) is 14.7. The zero-order chi connectivity index (χ0) is 16.9. The lowest BCUT2D eigenvalue weighted by Crippen LogP contribution is -2.09. The standard InChI is InChI=1S/C16H15BrN2O3S/c1-23(21,22)19-14-8-5-12(6-9-14)7-10-16(20)18-15-4-2-3-13(17)11-15/h2-11,19H,1H3,(H,18,20)/b10-7+. The Labute approximate surface area is 143 Å². The van der Waals surface area contributed by atoms with Gasteiger partial charge in [-0.15, -0.1) is 0 Å². The second kappa shape index (κ2) is 7.43. The first kappa shape index (κ1) is 17.2. The van der Waals surface area contributed by atoms with Gasteiger partial charge in [0.2, 0.25) is 15.9 Å². The highest BCUT2D eigenvalue weighted by Gasteiger charge is 2.01. The molecule has 2 rings (SSSR count). The van der Waals surface area contributed by atoms with Crippen LogP contribution in [0.15, 0.2) is 59.1 Å². The van der Waals surface area contributed by atoms with Crippen LogP contribution in [-0.4, -0.2) is 20.6 Å². The number of anilines is 2. The van der Waals surface area contributed by atoms with E-state index in [9.17, 15) is 13.2 Å². The maximum Gasteiger partial charge on any atom is 0.248 e. The summed E-state index contributed by atoms with van der Waals surface area (Å²) in [6, 6.07) is 14.0. The van der Waals surface area contributed by atoms with Gasteiger partial charge in [0.1, 0.15) is 0 Å². The summed E-state index contributed by atoms with van der Waals surface area (Å²) in [5.74, 6) is -0.249. The molecule has 0 aromatic heterocycles. The molecule has 23 heavy (non-hydrogen) atoms. The first-order valence-corrected chi connectivity index (χ1v) is 9.33. The molecule has 0 fully saturated rings. The molecule has 0 bridgehead atoms. The first-order chi connectivity index (χ1) is 10.8. The molecule has 5 nitrogen and oxygen atoms in total. The quantitative estimate of drug-likeness (QED) is 0.762. The fourth-order valence-corrected chi connectivity index (χ4v) is 2.76. The lowest BCUT2D eigenvalue weighted by Gasteiger charge is -2.04. The Balaban J connectivity index is 1.98. The molecule has 2 N–H and O–H groups in total. The molecule has 0 heterocycles. The molecule has 0 atom stereocenters. The van der Waals surface area contributed by atoms with Crippen molar-refractivity contribution in [1.29, 1.82) is 0 Å². The van der Waals surface area contributed by atoms with Crippen LogP contribution in [0.5, 0.6) is 0 Å². The van der Waals surface area contributed by atoms with E-state index in [0.29, 0.717) is 11.4 Å². The van der Waals surface area contributed by atoms with E-state index in [-0.39, 0.29) is 5.91 Å². The normalized spacial score (nSPS) is 11.4. The van der Waals surface area contributed by atoms with Gasteiger partial charge < -0.3 is 5.32 Å². The summed E-state index contributed by atoms with van der Waals surface area (Å²) in [5.41, 5.74) is 1.96. The Hall–Kier alpha value is -2.12. The molecule has 2 aromatic rings. The van der Waals surface area contributed by atoms with E-state index in [4.69, 9.17) is 0 Å². The van der Waals surface area contributed by atoms with E-state index in [1.807, 2.05) is 12.1 Å².